The van der Waals surface area contributed by atoms with Gasteiger partial charge in [-0.05, 0) is 17.2 Å². The standard InChI is InChI=1S/C18H22N2O/c1-18(2,17-13-20-10-11-21-17)16-8-4-3-7-15(16)14-6-5-9-19-12-14/h3-9,12,17,20H,10-11,13H2,1-2H3. The van der Waals surface area contributed by atoms with Crippen LogP contribution in [-0.4, -0.2) is 30.8 Å². The lowest BCUT2D eigenvalue weighted by Gasteiger charge is -2.38. The quantitative estimate of drug-likeness (QED) is 0.939. The van der Waals surface area contributed by atoms with Crippen LogP contribution in [0.15, 0.2) is 48.8 Å². The van der Waals surface area contributed by atoms with Crippen LogP contribution in [0.5, 0.6) is 0 Å². The predicted octanol–water partition coefficient (Wildman–Crippen LogP) is 3.01. The molecule has 1 saturated heterocycles. The number of pyridine rings is 1. The van der Waals surface area contributed by atoms with E-state index >= 15 is 0 Å². The minimum Gasteiger partial charge on any atom is -0.375 e. The van der Waals surface area contributed by atoms with Gasteiger partial charge in [0.15, 0.2) is 0 Å². The summed E-state index contributed by atoms with van der Waals surface area (Å²) < 4.78 is 6.01. The van der Waals surface area contributed by atoms with E-state index in [2.05, 4.69) is 54.5 Å². The molecule has 1 fully saturated rings. The summed E-state index contributed by atoms with van der Waals surface area (Å²) in [4.78, 5) is 4.25. The molecule has 1 unspecified atom stereocenters. The number of rotatable bonds is 3. The monoisotopic (exact) mass is 282 g/mol. The first-order chi connectivity index (χ1) is 10.2. The fourth-order valence-electron chi connectivity index (χ4n) is 3.02. The van der Waals surface area contributed by atoms with Crippen molar-refractivity contribution in [1.82, 2.24) is 10.3 Å². The number of ether oxygens (including phenoxy) is 1. The van der Waals surface area contributed by atoms with Crippen molar-refractivity contribution in [2.45, 2.75) is 25.4 Å². The van der Waals surface area contributed by atoms with Gasteiger partial charge in [-0.3, -0.25) is 4.98 Å². The highest BCUT2D eigenvalue weighted by Gasteiger charge is 2.35. The van der Waals surface area contributed by atoms with E-state index in [1.807, 2.05) is 18.5 Å². The highest BCUT2D eigenvalue weighted by Crippen LogP contribution is 2.36. The van der Waals surface area contributed by atoms with Crippen molar-refractivity contribution in [3.05, 3.63) is 54.4 Å². The average molecular weight is 282 g/mol. The molecular formula is C18H22N2O. The highest BCUT2D eigenvalue weighted by molar-refractivity contribution is 5.68. The van der Waals surface area contributed by atoms with Crippen molar-refractivity contribution < 1.29 is 4.74 Å². The van der Waals surface area contributed by atoms with Crippen molar-refractivity contribution in [3.8, 4) is 11.1 Å². The molecule has 1 atom stereocenters. The zero-order valence-electron chi connectivity index (χ0n) is 12.7. The Morgan fingerprint density at radius 3 is 2.76 bits per heavy atom. The van der Waals surface area contributed by atoms with Crippen LogP contribution < -0.4 is 5.32 Å². The first-order valence-electron chi connectivity index (χ1n) is 7.52. The molecule has 21 heavy (non-hydrogen) atoms. The summed E-state index contributed by atoms with van der Waals surface area (Å²) in [5.74, 6) is 0. The Hall–Kier alpha value is -1.71. The van der Waals surface area contributed by atoms with Crippen LogP contribution in [0.1, 0.15) is 19.4 Å². The highest BCUT2D eigenvalue weighted by atomic mass is 16.5. The topological polar surface area (TPSA) is 34.2 Å². The molecule has 0 radical (unpaired) electrons. The Morgan fingerprint density at radius 1 is 1.19 bits per heavy atom. The van der Waals surface area contributed by atoms with Gasteiger partial charge in [0.25, 0.3) is 0 Å². The molecular weight excluding hydrogens is 260 g/mol. The molecule has 2 aromatic rings. The lowest BCUT2D eigenvalue weighted by Crippen LogP contribution is -2.48. The van der Waals surface area contributed by atoms with E-state index in [-0.39, 0.29) is 11.5 Å². The van der Waals surface area contributed by atoms with Gasteiger partial charge in [0.1, 0.15) is 0 Å². The normalized spacial score (nSPS) is 19.4. The van der Waals surface area contributed by atoms with E-state index < -0.39 is 0 Å². The zero-order chi connectivity index (χ0) is 14.7. The maximum Gasteiger partial charge on any atom is 0.0791 e. The lowest BCUT2D eigenvalue weighted by molar-refractivity contribution is -0.0137. The van der Waals surface area contributed by atoms with Crippen molar-refractivity contribution >= 4 is 0 Å². The van der Waals surface area contributed by atoms with Crippen LogP contribution in [0, 0.1) is 0 Å². The molecule has 1 aromatic carbocycles. The first kappa shape index (κ1) is 14.2. The van der Waals surface area contributed by atoms with Crippen molar-refractivity contribution in [2.75, 3.05) is 19.7 Å². The second-order valence-corrected chi connectivity index (χ2v) is 6.07. The van der Waals surface area contributed by atoms with Crippen molar-refractivity contribution in [3.63, 3.8) is 0 Å². The van der Waals surface area contributed by atoms with E-state index in [0.717, 1.165) is 25.3 Å². The molecule has 0 aliphatic carbocycles. The van der Waals surface area contributed by atoms with E-state index in [1.165, 1.54) is 11.1 Å². The number of hydrogen-bond acceptors (Lipinski definition) is 3. The Bertz CT molecular complexity index is 589. The van der Waals surface area contributed by atoms with Crippen LogP contribution in [-0.2, 0) is 10.2 Å². The minimum absolute atomic E-state index is 0.0557. The third kappa shape index (κ3) is 2.85. The number of nitrogens with one attached hydrogen (secondary N) is 1. The van der Waals surface area contributed by atoms with Crippen LogP contribution in [0.25, 0.3) is 11.1 Å². The fraction of sp³-hybridized carbons (Fsp3) is 0.389. The third-order valence-corrected chi connectivity index (χ3v) is 4.33. The number of hydrogen-bond donors (Lipinski definition) is 1. The molecule has 1 aliphatic heterocycles. The molecule has 1 aromatic heterocycles. The molecule has 3 nitrogen and oxygen atoms in total. The Balaban J connectivity index is 2.02. The summed E-state index contributed by atoms with van der Waals surface area (Å²) >= 11 is 0. The van der Waals surface area contributed by atoms with Gasteiger partial charge in [0, 0.05) is 36.5 Å². The first-order valence-corrected chi connectivity index (χ1v) is 7.52. The number of nitrogens with zero attached hydrogens (tertiary/aromatic N) is 1. The van der Waals surface area contributed by atoms with Crippen LogP contribution in [0.4, 0.5) is 0 Å². The maximum absolute atomic E-state index is 6.01. The van der Waals surface area contributed by atoms with E-state index in [4.69, 9.17) is 4.74 Å². The second-order valence-electron chi connectivity index (χ2n) is 6.07. The summed E-state index contributed by atoms with van der Waals surface area (Å²) in [5.41, 5.74) is 3.65. The SMILES string of the molecule is CC(C)(c1ccccc1-c1cccnc1)C1CNCCO1. The Labute approximate surface area is 126 Å². The molecule has 2 heterocycles. The molecule has 3 heteroatoms. The van der Waals surface area contributed by atoms with Gasteiger partial charge < -0.3 is 10.1 Å². The number of benzene rings is 1. The predicted molar refractivity (Wildman–Crippen MR) is 85.3 cm³/mol. The fourth-order valence-corrected chi connectivity index (χ4v) is 3.02. The van der Waals surface area contributed by atoms with Crippen molar-refractivity contribution in [1.29, 1.82) is 0 Å². The van der Waals surface area contributed by atoms with Gasteiger partial charge >= 0.3 is 0 Å². The van der Waals surface area contributed by atoms with E-state index in [1.54, 1.807) is 0 Å². The molecule has 3 rings (SSSR count). The number of morpholine rings is 1. The van der Waals surface area contributed by atoms with Gasteiger partial charge in [-0.15, -0.1) is 0 Å². The van der Waals surface area contributed by atoms with Crippen LogP contribution in [0.2, 0.25) is 0 Å². The average Bonchev–Trinajstić information content (AvgIpc) is 2.56. The molecule has 0 saturated carbocycles. The van der Waals surface area contributed by atoms with E-state index in [0.29, 0.717) is 0 Å². The molecule has 0 bridgehead atoms. The minimum atomic E-state index is -0.0557. The van der Waals surface area contributed by atoms with Gasteiger partial charge in [-0.1, -0.05) is 44.2 Å². The smallest absolute Gasteiger partial charge is 0.0791 e. The van der Waals surface area contributed by atoms with Crippen LogP contribution >= 0.6 is 0 Å². The maximum atomic E-state index is 6.01. The zero-order valence-corrected chi connectivity index (χ0v) is 12.7. The second kappa shape index (κ2) is 5.96. The van der Waals surface area contributed by atoms with Crippen molar-refractivity contribution in [2.24, 2.45) is 0 Å². The summed E-state index contributed by atoms with van der Waals surface area (Å²) in [7, 11) is 0. The van der Waals surface area contributed by atoms with Gasteiger partial charge in [-0.25, -0.2) is 0 Å². The Kier molecular flexibility index (Phi) is 4.04. The lowest BCUT2D eigenvalue weighted by atomic mass is 9.75. The largest absolute Gasteiger partial charge is 0.375 e. The summed E-state index contributed by atoms with van der Waals surface area (Å²) in [6.07, 6.45) is 3.92. The van der Waals surface area contributed by atoms with Gasteiger partial charge in [-0.2, -0.15) is 0 Å². The summed E-state index contributed by atoms with van der Waals surface area (Å²) in [6.45, 7) is 7.15. The third-order valence-electron chi connectivity index (χ3n) is 4.33. The van der Waals surface area contributed by atoms with Gasteiger partial charge in [0.05, 0.1) is 12.7 Å². The number of aromatic nitrogens is 1. The van der Waals surface area contributed by atoms with Gasteiger partial charge in [0.2, 0.25) is 0 Å². The molecule has 0 amide bonds. The molecule has 1 N–H and O–H groups in total. The summed E-state index contributed by atoms with van der Waals surface area (Å²) in [6, 6.07) is 12.7. The Morgan fingerprint density at radius 2 is 2.05 bits per heavy atom. The van der Waals surface area contributed by atoms with E-state index in [9.17, 15) is 0 Å². The van der Waals surface area contributed by atoms with Crippen LogP contribution in [0.3, 0.4) is 0 Å². The molecule has 1 aliphatic rings. The molecule has 0 spiro atoms. The summed E-state index contributed by atoms with van der Waals surface area (Å²) in [5, 5.41) is 3.43. The molecule has 110 valence electrons.